The van der Waals surface area contributed by atoms with E-state index in [1.165, 1.54) is 0 Å². The van der Waals surface area contributed by atoms with Crippen LogP contribution < -0.4 is 5.32 Å². The van der Waals surface area contributed by atoms with Gasteiger partial charge in [-0.15, -0.1) is 0 Å². The highest BCUT2D eigenvalue weighted by Crippen LogP contribution is 2.37. The molecule has 1 N–H and O–H groups in total. The number of halogens is 4. The van der Waals surface area contributed by atoms with E-state index in [2.05, 4.69) is 31.0 Å². The quantitative estimate of drug-likeness (QED) is 0.267. The molecule has 0 fully saturated rings. The maximum Gasteiger partial charge on any atom is 0.501 e. The number of ether oxygens (including phenoxy) is 1. The summed E-state index contributed by atoms with van der Waals surface area (Å²) in [6, 6.07) is 16.5. The molecule has 0 aliphatic rings. The van der Waals surface area contributed by atoms with Crippen LogP contribution in [0.5, 0.6) is 0 Å². The van der Waals surface area contributed by atoms with Crippen molar-refractivity contribution in [1.29, 1.82) is 0 Å². The number of hydrogen-bond acceptors (Lipinski definition) is 6. The number of benzene rings is 3. The van der Waals surface area contributed by atoms with Gasteiger partial charge in [0.05, 0.1) is 35.1 Å². The summed E-state index contributed by atoms with van der Waals surface area (Å²) in [5, 5.41) is 2.70. The van der Waals surface area contributed by atoms with Crippen molar-refractivity contribution in [3.63, 3.8) is 0 Å². The smallest absolute Gasteiger partial charge is 0.465 e. The minimum atomic E-state index is -5.95. The maximum absolute atomic E-state index is 13.6. The summed E-state index contributed by atoms with van der Waals surface area (Å²) in [7, 11) is -4.96. The van der Waals surface area contributed by atoms with E-state index in [-0.39, 0.29) is 5.56 Å². The minimum Gasteiger partial charge on any atom is -0.465 e. The third kappa shape index (κ3) is 5.01. The van der Waals surface area contributed by atoms with Gasteiger partial charge in [-0.2, -0.15) is 13.2 Å². The Hall–Kier alpha value is -3.77. The number of sulfone groups is 1. The van der Waals surface area contributed by atoms with Crippen LogP contribution in [0.25, 0.3) is 22.2 Å². The molecule has 0 spiro atoms. The van der Waals surface area contributed by atoms with E-state index < -0.39 is 43.4 Å². The molecule has 1 aromatic heterocycles. The zero-order chi connectivity index (χ0) is 27.8. The van der Waals surface area contributed by atoms with Crippen molar-refractivity contribution in [2.45, 2.75) is 17.3 Å². The van der Waals surface area contributed by atoms with E-state index in [9.17, 15) is 31.2 Å². The van der Waals surface area contributed by atoms with Crippen LogP contribution in [-0.2, 0) is 14.6 Å². The zero-order valence-corrected chi connectivity index (χ0v) is 22.2. The van der Waals surface area contributed by atoms with Crippen LogP contribution in [0.3, 0.4) is 0 Å². The number of methoxy groups -OCH3 is 1. The van der Waals surface area contributed by atoms with Crippen molar-refractivity contribution in [2.24, 2.45) is 0 Å². The third-order valence-corrected chi connectivity index (χ3v) is 7.73. The topological polar surface area (TPSA) is 102 Å². The van der Waals surface area contributed by atoms with Gasteiger partial charge in [-0.1, -0.05) is 46.3 Å². The second kappa shape index (κ2) is 10.2. The normalized spacial score (nSPS) is 11.8. The average molecular weight is 607 g/mol. The molecule has 196 valence electrons. The molecule has 0 aliphatic carbocycles. The molecule has 0 radical (unpaired) electrons. The van der Waals surface area contributed by atoms with Gasteiger partial charge >= 0.3 is 11.5 Å². The predicted octanol–water partition coefficient (Wildman–Crippen LogP) is 6.31. The number of fused-ring (bicyclic) bond motifs is 1. The van der Waals surface area contributed by atoms with Gasteiger partial charge in [-0.05, 0) is 48.9 Å². The Balaban J connectivity index is 1.92. The Morgan fingerprint density at radius 3 is 2.32 bits per heavy atom. The summed E-state index contributed by atoms with van der Waals surface area (Å²) in [4.78, 5) is 28.9. The number of anilines is 1. The van der Waals surface area contributed by atoms with Crippen LogP contribution in [-0.4, -0.2) is 37.9 Å². The lowest BCUT2D eigenvalue weighted by molar-refractivity contribution is -0.0435. The number of alkyl halides is 3. The fourth-order valence-corrected chi connectivity index (χ4v) is 5.20. The second-order valence-corrected chi connectivity index (χ2v) is 10.9. The summed E-state index contributed by atoms with van der Waals surface area (Å²) in [6.45, 7) is 1.64. The van der Waals surface area contributed by atoms with Gasteiger partial charge in [-0.3, -0.25) is 4.79 Å². The Morgan fingerprint density at radius 1 is 1.00 bits per heavy atom. The van der Waals surface area contributed by atoms with Crippen LogP contribution in [0.1, 0.15) is 26.3 Å². The van der Waals surface area contributed by atoms with E-state index in [1.54, 1.807) is 49.4 Å². The van der Waals surface area contributed by atoms with Crippen LogP contribution in [0, 0.1) is 6.92 Å². The van der Waals surface area contributed by atoms with Gasteiger partial charge in [0, 0.05) is 15.4 Å². The van der Waals surface area contributed by atoms with Crippen molar-refractivity contribution in [2.75, 3.05) is 12.4 Å². The fourth-order valence-electron chi connectivity index (χ4n) is 3.90. The number of amides is 1. The number of esters is 1. The maximum atomic E-state index is 13.6. The molecule has 7 nitrogen and oxygen atoms in total. The van der Waals surface area contributed by atoms with Crippen LogP contribution in [0.4, 0.5) is 18.9 Å². The monoisotopic (exact) mass is 606 g/mol. The lowest BCUT2D eigenvalue weighted by Crippen LogP contribution is -2.26. The molecule has 38 heavy (non-hydrogen) atoms. The second-order valence-electron chi connectivity index (χ2n) is 8.09. The number of pyridine rings is 1. The minimum absolute atomic E-state index is 0.0857. The highest BCUT2D eigenvalue weighted by molar-refractivity contribution is 9.10. The molecule has 0 aliphatic heterocycles. The van der Waals surface area contributed by atoms with Crippen molar-refractivity contribution in [1.82, 2.24) is 4.98 Å². The standard InChI is InChI=1S/C26H18BrF3N2O5S/c1-14-22(18-13-17(27)9-11-19(18)31-23(14)15-6-4-3-5-7-15)24(33)32-20-10-8-16(25(34)37-2)12-21(20)38(35,36)26(28,29)30/h3-13H,1-2H3,(H,32,33). The van der Waals surface area contributed by atoms with Crippen LogP contribution in [0.2, 0.25) is 0 Å². The van der Waals surface area contributed by atoms with Crippen molar-refractivity contribution < 1.29 is 35.9 Å². The number of rotatable bonds is 5. The Kier molecular flexibility index (Phi) is 7.31. The molecule has 0 saturated heterocycles. The van der Waals surface area contributed by atoms with Crippen molar-refractivity contribution in [3.05, 3.63) is 87.9 Å². The van der Waals surface area contributed by atoms with Crippen molar-refractivity contribution >= 4 is 54.2 Å². The number of nitrogens with one attached hydrogen (secondary N) is 1. The summed E-state index contributed by atoms with van der Waals surface area (Å²) < 4.78 is 70.4. The highest BCUT2D eigenvalue weighted by atomic mass is 79.9. The lowest BCUT2D eigenvalue weighted by Gasteiger charge is -2.17. The molecule has 0 unspecified atom stereocenters. The first-order valence-electron chi connectivity index (χ1n) is 10.9. The largest absolute Gasteiger partial charge is 0.501 e. The summed E-state index contributed by atoms with van der Waals surface area (Å²) in [5.41, 5.74) is -4.66. The summed E-state index contributed by atoms with van der Waals surface area (Å²) >= 11 is 3.35. The zero-order valence-electron chi connectivity index (χ0n) is 19.8. The Bertz CT molecular complexity index is 1690. The van der Waals surface area contributed by atoms with E-state index in [0.29, 0.717) is 38.3 Å². The van der Waals surface area contributed by atoms with Gasteiger partial charge in [0.2, 0.25) is 0 Å². The van der Waals surface area contributed by atoms with Crippen molar-refractivity contribution in [3.8, 4) is 11.3 Å². The number of carbonyl (C=O) groups is 2. The molecular formula is C26H18BrF3N2O5S. The number of hydrogen-bond donors (Lipinski definition) is 1. The fraction of sp³-hybridized carbons (Fsp3) is 0.115. The van der Waals surface area contributed by atoms with Gasteiger partial charge in [0.25, 0.3) is 15.7 Å². The predicted molar refractivity (Wildman–Crippen MR) is 139 cm³/mol. The SMILES string of the molecule is COC(=O)c1ccc(NC(=O)c2c(C)c(-c3ccccc3)nc3ccc(Br)cc23)c(S(=O)(=O)C(F)(F)F)c1. The molecule has 3 aromatic carbocycles. The molecule has 0 bridgehead atoms. The molecule has 1 heterocycles. The van der Waals surface area contributed by atoms with Crippen LogP contribution >= 0.6 is 15.9 Å². The molecule has 4 rings (SSSR count). The van der Waals surface area contributed by atoms with Gasteiger partial charge in [0.1, 0.15) is 4.90 Å². The lowest BCUT2D eigenvalue weighted by atomic mass is 9.97. The third-order valence-electron chi connectivity index (χ3n) is 5.71. The Morgan fingerprint density at radius 2 is 1.68 bits per heavy atom. The van der Waals surface area contributed by atoms with Gasteiger partial charge in [-0.25, -0.2) is 18.2 Å². The first-order chi connectivity index (χ1) is 17.8. The highest BCUT2D eigenvalue weighted by Gasteiger charge is 2.48. The Labute approximate surface area is 223 Å². The van der Waals surface area contributed by atoms with E-state index in [0.717, 1.165) is 19.2 Å². The molecule has 1 amide bonds. The van der Waals surface area contributed by atoms with Gasteiger partial charge in [0.15, 0.2) is 0 Å². The molecule has 12 heteroatoms. The number of nitrogens with zero attached hydrogens (tertiary/aromatic N) is 1. The first-order valence-corrected chi connectivity index (χ1v) is 13.1. The first kappa shape index (κ1) is 27.3. The molecule has 0 saturated carbocycles. The molecule has 0 atom stereocenters. The van der Waals surface area contributed by atoms with Gasteiger partial charge < -0.3 is 10.1 Å². The molecule has 4 aromatic rings. The average Bonchev–Trinajstić information content (AvgIpc) is 2.87. The van der Waals surface area contributed by atoms with E-state index in [4.69, 9.17) is 0 Å². The number of carbonyl (C=O) groups excluding carboxylic acids is 2. The molecular weight excluding hydrogens is 589 g/mol. The van der Waals surface area contributed by atoms with E-state index in [1.807, 2.05) is 6.07 Å². The summed E-state index contributed by atoms with van der Waals surface area (Å²) in [5.74, 6) is -1.91. The van der Waals surface area contributed by atoms with Crippen LogP contribution in [0.15, 0.2) is 76.1 Å². The summed E-state index contributed by atoms with van der Waals surface area (Å²) in [6.07, 6.45) is 0. The number of aromatic nitrogens is 1. The van der Waals surface area contributed by atoms with E-state index >= 15 is 0 Å².